The Labute approximate surface area is 117 Å². The Kier molecular flexibility index (Phi) is 4.27. The van der Waals surface area contributed by atoms with Crippen molar-refractivity contribution in [3.8, 4) is 17.0 Å². The molecule has 0 atom stereocenters. The highest BCUT2D eigenvalue weighted by Gasteiger charge is 2.09. The highest BCUT2D eigenvalue weighted by Crippen LogP contribution is 2.25. The molecule has 5 heteroatoms. The molecule has 0 aliphatic rings. The summed E-state index contributed by atoms with van der Waals surface area (Å²) >= 11 is 5.18. The molecule has 100 valence electrons. The van der Waals surface area contributed by atoms with Crippen molar-refractivity contribution in [3.05, 3.63) is 34.2 Å². The van der Waals surface area contributed by atoms with Gasteiger partial charge in [-0.3, -0.25) is 10.1 Å². The van der Waals surface area contributed by atoms with Gasteiger partial charge in [-0.25, -0.2) is 0 Å². The van der Waals surface area contributed by atoms with Crippen molar-refractivity contribution in [1.29, 1.82) is 0 Å². The van der Waals surface area contributed by atoms with E-state index in [1.807, 2.05) is 19.9 Å². The number of rotatable bonds is 4. The van der Waals surface area contributed by atoms with Crippen molar-refractivity contribution in [1.82, 2.24) is 15.2 Å². The summed E-state index contributed by atoms with van der Waals surface area (Å²) in [5.41, 5.74) is 3.90. The Balaban J connectivity index is 2.42. The van der Waals surface area contributed by atoms with Crippen molar-refractivity contribution >= 4 is 12.2 Å². The number of hydrogen-bond donors (Lipinski definition) is 1. The zero-order chi connectivity index (χ0) is 13.8. The average Bonchev–Trinajstić information content (AvgIpc) is 2.43. The standard InChI is InChI=1S/C14H17N3OS/c1-4-5-18-12-6-11(7-15-8-12)13-9(2)10(3)14(19)17-16-13/h6-8H,4-5H2,1-3H3,(H,17,19). The Morgan fingerprint density at radius 2 is 2.05 bits per heavy atom. The Bertz CT molecular complexity index is 637. The molecule has 2 heterocycles. The van der Waals surface area contributed by atoms with Crippen LogP contribution in [0.1, 0.15) is 24.5 Å². The van der Waals surface area contributed by atoms with Crippen LogP contribution in [-0.4, -0.2) is 21.8 Å². The second-order valence-electron chi connectivity index (χ2n) is 4.41. The summed E-state index contributed by atoms with van der Waals surface area (Å²) in [6.45, 7) is 6.77. The molecule has 1 N–H and O–H groups in total. The third-order valence-corrected chi connectivity index (χ3v) is 3.38. The van der Waals surface area contributed by atoms with Crippen molar-refractivity contribution in [2.45, 2.75) is 27.2 Å². The minimum atomic E-state index is 0.674. The maximum Gasteiger partial charge on any atom is 0.138 e. The molecule has 2 aromatic rings. The van der Waals surface area contributed by atoms with Crippen LogP contribution in [0.5, 0.6) is 5.75 Å². The fourth-order valence-electron chi connectivity index (χ4n) is 1.75. The molecule has 0 unspecified atom stereocenters. The van der Waals surface area contributed by atoms with E-state index in [1.165, 1.54) is 0 Å². The monoisotopic (exact) mass is 275 g/mol. The molecule has 0 aliphatic heterocycles. The van der Waals surface area contributed by atoms with E-state index < -0.39 is 0 Å². The number of nitrogens with one attached hydrogen (secondary N) is 1. The van der Waals surface area contributed by atoms with Crippen molar-refractivity contribution in [3.63, 3.8) is 0 Å². The second-order valence-corrected chi connectivity index (χ2v) is 4.82. The van der Waals surface area contributed by atoms with Crippen LogP contribution in [0.4, 0.5) is 0 Å². The molecule has 0 bridgehead atoms. The van der Waals surface area contributed by atoms with Gasteiger partial charge < -0.3 is 4.74 Å². The minimum Gasteiger partial charge on any atom is -0.492 e. The number of ether oxygens (including phenoxy) is 1. The summed E-state index contributed by atoms with van der Waals surface area (Å²) in [6.07, 6.45) is 4.47. The zero-order valence-corrected chi connectivity index (χ0v) is 12.2. The van der Waals surface area contributed by atoms with E-state index in [1.54, 1.807) is 12.4 Å². The van der Waals surface area contributed by atoms with Gasteiger partial charge in [-0.05, 0) is 37.5 Å². The number of hydrogen-bond acceptors (Lipinski definition) is 4. The van der Waals surface area contributed by atoms with Crippen LogP contribution < -0.4 is 4.74 Å². The van der Waals surface area contributed by atoms with E-state index in [2.05, 4.69) is 22.1 Å². The highest BCUT2D eigenvalue weighted by molar-refractivity contribution is 7.71. The van der Waals surface area contributed by atoms with Crippen LogP contribution in [0.25, 0.3) is 11.3 Å². The van der Waals surface area contributed by atoms with Gasteiger partial charge in [-0.2, -0.15) is 5.10 Å². The fourth-order valence-corrected chi connectivity index (χ4v) is 1.95. The molecule has 0 fully saturated rings. The van der Waals surface area contributed by atoms with E-state index >= 15 is 0 Å². The van der Waals surface area contributed by atoms with Crippen LogP contribution in [0.3, 0.4) is 0 Å². The van der Waals surface area contributed by atoms with Gasteiger partial charge in [0.2, 0.25) is 0 Å². The first-order chi connectivity index (χ1) is 9.13. The van der Waals surface area contributed by atoms with E-state index in [4.69, 9.17) is 17.0 Å². The SMILES string of the molecule is CCCOc1cncc(-c2n[nH]c(=S)c(C)c2C)c1. The molecule has 0 aromatic carbocycles. The Morgan fingerprint density at radius 1 is 1.26 bits per heavy atom. The van der Waals surface area contributed by atoms with Gasteiger partial charge in [0.05, 0.1) is 18.5 Å². The normalized spacial score (nSPS) is 10.5. The lowest BCUT2D eigenvalue weighted by Gasteiger charge is -2.09. The molecule has 0 spiro atoms. The fraction of sp³-hybridized carbons (Fsp3) is 0.357. The Hall–Kier alpha value is -1.75. The first-order valence-corrected chi connectivity index (χ1v) is 6.68. The van der Waals surface area contributed by atoms with Gasteiger partial charge in [0.25, 0.3) is 0 Å². The van der Waals surface area contributed by atoms with Crippen LogP contribution in [-0.2, 0) is 0 Å². The Morgan fingerprint density at radius 3 is 2.79 bits per heavy atom. The van der Waals surface area contributed by atoms with Crippen molar-refractivity contribution in [2.75, 3.05) is 6.61 Å². The average molecular weight is 275 g/mol. The molecular weight excluding hydrogens is 258 g/mol. The summed E-state index contributed by atoms with van der Waals surface area (Å²) in [6, 6.07) is 1.95. The van der Waals surface area contributed by atoms with Crippen molar-refractivity contribution < 1.29 is 4.74 Å². The predicted octanol–water partition coefficient (Wildman–Crippen LogP) is 3.61. The van der Waals surface area contributed by atoms with Crippen LogP contribution in [0.15, 0.2) is 18.5 Å². The second kappa shape index (κ2) is 5.93. The van der Waals surface area contributed by atoms with Gasteiger partial charge in [0, 0.05) is 11.8 Å². The summed E-state index contributed by atoms with van der Waals surface area (Å²) in [5.74, 6) is 0.764. The quantitative estimate of drug-likeness (QED) is 0.866. The van der Waals surface area contributed by atoms with E-state index in [9.17, 15) is 0 Å². The summed E-state index contributed by atoms with van der Waals surface area (Å²) < 4.78 is 6.26. The van der Waals surface area contributed by atoms with E-state index in [0.717, 1.165) is 34.6 Å². The van der Waals surface area contributed by atoms with Gasteiger partial charge >= 0.3 is 0 Å². The first-order valence-electron chi connectivity index (χ1n) is 6.27. The number of pyridine rings is 1. The molecule has 0 amide bonds. The molecule has 2 rings (SSSR count). The molecular formula is C14H17N3OS. The summed E-state index contributed by atoms with van der Waals surface area (Å²) in [4.78, 5) is 4.20. The number of H-pyrrole nitrogens is 1. The molecule has 4 nitrogen and oxygen atoms in total. The van der Waals surface area contributed by atoms with E-state index in [-0.39, 0.29) is 0 Å². The molecule has 0 saturated carbocycles. The number of aromatic nitrogens is 3. The third kappa shape index (κ3) is 2.98. The van der Waals surface area contributed by atoms with Crippen LogP contribution in [0.2, 0.25) is 0 Å². The molecule has 2 aromatic heterocycles. The summed E-state index contributed by atoms with van der Waals surface area (Å²) in [5, 5.41) is 7.17. The summed E-state index contributed by atoms with van der Waals surface area (Å²) in [7, 11) is 0. The van der Waals surface area contributed by atoms with E-state index in [0.29, 0.717) is 11.2 Å². The predicted molar refractivity (Wildman–Crippen MR) is 77.9 cm³/mol. The molecule has 19 heavy (non-hydrogen) atoms. The number of nitrogens with zero attached hydrogens (tertiary/aromatic N) is 2. The van der Waals surface area contributed by atoms with Crippen molar-refractivity contribution in [2.24, 2.45) is 0 Å². The third-order valence-electron chi connectivity index (χ3n) is 2.99. The molecule has 0 saturated heterocycles. The van der Waals surface area contributed by atoms with Gasteiger partial charge in [-0.1, -0.05) is 19.1 Å². The lowest BCUT2D eigenvalue weighted by atomic mass is 10.1. The maximum atomic E-state index is 5.59. The smallest absolute Gasteiger partial charge is 0.138 e. The van der Waals surface area contributed by atoms with Crippen LogP contribution in [0, 0.1) is 18.5 Å². The largest absolute Gasteiger partial charge is 0.492 e. The zero-order valence-electron chi connectivity index (χ0n) is 11.4. The lowest BCUT2D eigenvalue weighted by Crippen LogP contribution is -1.99. The minimum absolute atomic E-state index is 0.674. The maximum absolute atomic E-state index is 5.59. The number of aromatic amines is 1. The molecule has 0 radical (unpaired) electrons. The topological polar surface area (TPSA) is 50.8 Å². The van der Waals surface area contributed by atoms with Gasteiger partial charge in [0.1, 0.15) is 10.4 Å². The highest BCUT2D eigenvalue weighted by atomic mass is 32.1. The van der Waals surface area contributed by atoms with Gasteiger partial charge in [-0.15, -0.1) is 0 Å². The first kappa shape index (κ1) is 13.7. The molecule has 0 aliphatic carbocycles. The lowest BCUT2D eigenvalue weighted by molar-refractivity contribution is 0.316. The van der Waals surface area contributed by atoms with Gasteiger partial charge in [0.15, 0.2) is 0 Å². The van der Waals surface area contributed by atoms with Crippen LogP contribution >= 0.6 is 12.2 Å².